The minimum absolute atomic E-state index is 0.0145. The SMILES string of the molecule is Cc1ccc(S(=O)(=O)N2CCN(C(=O)/C=C/c3ccc([N+](=O)[O-])cc3)CC2)cc1. The van der Waals surface area contributed by atoms with Crippen LogP contribution in [-0.2, 0) is 14.8 Å². The Kier molecular flexibility index (Phi) is 6.09. The van der Waals surface area contributed by atoms with Gasteiger partial charge in [-0.15, -0.1) is 0 Å². The first-order valence-corrected chi connectivity index (χ1v) is 10.5. The fourth-order valence-corrected chi connectivity index (χ4v) is 4.41. The van der Waals surface area contributed by atoms with E-state index in [-0.39, 0.29) is 29.6 Å². The maximum Gasteiger partial charge on any atom is 0.269 e. The summed E-state index contributed by atoms with van der Waals surface area (Å²) >= 11 is 0. The molecule has 0 radical (unpaired) electrons. The normalized spacial score (nSPS) is 15.6. The Morgan fingerprint density at radius 3 is 2.14 bits per heavy atom. The summed E-state index contributed by atoms with van der Waals surface area (Å²) in [5.41, 5.74) is 1.64. The van der Waals surface area contributed by atoms with Crippen LogP contribution >= 0.6 is 0 Å². The summed E-state index contributed by atoms with van der Waals surface area (Å²) < 4.78 is 26.8. The first-order valence-electron chi connectivity index (χ1n) is 9.05. The summed E-state index contributed by atoms with van der Waals surface area (Å²) in [4.78, 5) is 24.4. The third kappa shape index (κ3) is 4.87. The first kappa shape index (κ1) is 20.7. The second-order valence-corrected chi connectivity index (χ2v) is 8.66. The number of nitro groups is 1. The van der Waals surface area contributed by atoms with E-state index in [0.29, 0.717) is 18.7 Å². The quantitative estimate of drug-likeness (QED) is 0.424. The topological polar surface area (TPSA) is 101 Å². The molecule has 1 saturated heterocycles. The molecule has 0 unspecified atom stereocenters. The van der Waals surface area contributed by atoms with Crippen LogP contribution in [0.25, 0.3) is 6.08 Å². The Morgan fingerprint density at radius 1 is 1.00 bits per heavy atom. The molecule has 0 bridgehead atoms. The van der Waals surface area contributed by atoms with Gasteiger partial charge in [-0.1, -0.05) is 17.7 Å². The van der Waals surface area contributed by atoms with Gasteiger partial charge in [-0.3, -0.25) is 14.9 Å². The van der Waals surface area contributed by atoms with E-state index in [1.807, 2.05) is 6.92 Å². The van der Waals surface area contributed by atoms with Crippen molar-refractivity contribution < 1.29 is 18.1 Å². The van der Waals surface area contributed by atoms with Crippen molar-refractivity contribution in [3.63, 3.8) is 0 Å². The van der Waals surface area contributed by atoms with Gasteiger partial charge in [0, 0.05) is 44.4 Å². The molecule has 1 aliphatic rings. The molecule has 29 heavy (non-hydrogen) atoms. The summed E-state index contributed by atoms with van der Waals surface area (Å²) in [6, 6.07) is 12.6. The lowest BCUT2D eigenvalue weighted by atomic mass is 10.2. The van der Waals surface area contributed by atoms with Crippen molar-refractivity contribution in [3.05, 3.63) is 75.8 Å². The Hall–Kier alpha value is -3.04. The molecule has 1 amide bonds. The number of sulfonamides is 1. The van der Waals surface area contributed by atoms with Gasteiger partial charge in [0.05, 0.1) is 9.82 Å². The van der Waals surface area contributed by atoms with Crippen LogP contribution in [0.1, 0.15) is 11.1 Å². The fraction of sp³-hybridized carbons (Fsp3) is 0.250. The number of hydrogen-bond acceptors (Lipinski definition) is 5. The van der Waals surface area contributed by atoms with Crippen molar-refractivity contribution in [1.29, 1.82) is 0 Å². The Bertz CT molecular complexity index is 1020. The van der Waals surface area contributed by atoms with Gasteiger partial charge >= 0.3 is 0 Å². The van der Waals surface area contributed by atoms with Crippen LogP contribution in [0.3, 0.4) is 0 Å². The number of piperazine rings is 1. The minimum atomic E-state index is -3.57. The van der Waals surface area contributed by atoms with Crippen molar-refractivity contribution in [2.24, 2.45) is 0 Å². The third-order valence-corrected chi connectivity index (χ3v) is 6.64. The van der Waals surface area contributed by atoms with Crippen LogP contribution in [0, 0.1) is 17.0 Å². The molecule has 0 aromatic heterocycles. The van der Waals surface area contributed by atoms with E-state index in [9.17, 15) is 23.3 Å². The molecule has 0 N–H and O–H groups in total. The van der Waals surface area contributed by atoms with Crippen LogP contribution in [0.2, 0.25) is 0 Å². The highest BCUT2D eigenvalue weighted by atomic mass is 32.2. The zero-order valence-corrected chi connectivity index (χ0v) is 16.7. The number of benzene rings is 2. The maximum absolute atomic E-state index is 12.7. The first-order chi connectivity index (χ1) is 13.8. The standard InChI is InChI=1S/C20H21N3O5S/c1-16-2-9-19(10-3-16)29(27,28)22-14-12-21(13-15-22)20(24)11-6-17-4-7-18(8-5-17)23(25)26/h2-11H,12-15H2,1H3/b11-6+. The van der Waals surface area contributed by atoms with E-state index in [2.05, 4.69) is 0 Å². The predicted molar refractivity (Wildman–Crippen MR) is 109 cm³/mol. The van der Waals surface area contributed by atoms with Crippen LogP contribution in [-0.4, -0.2) is 54.6 Å². The Morgan fingerprint density at radius 2 is 1.59 bits per heavy atom. The fourth-order valence-electron chi connectivity index (χ4n) is 2.99. The minimum Gasteiger partial charge on any atom is -0.337 e. The molecule has 1 aliphatic heterocycles. The number of rotatable bonds is 5. The van der Waals surface area contributed by atoms with Gasteiger partial charge in [-0.05, 0) is 42.8 Å². The van der Waals surface area contributed by atoms with E-state index in [1.165, 1.54) is 22.5 Å². The Balaban J connectivity index is 1.59. The lowest BCUT2D eigenvalue weighted by Crippen LogP contribution is -2.50. The summed E-state index contributed by atoms with van der Waals surface area (Å²) in [7, 11) is -3.57. The van der Waals surface area contributed by atoms with Crippen LogP contribution in [0.5, 0.6) is 0 Å². The largest absolute Gasteiger partial charge is 0.337 e. The van der Waals surface area contributed by atoms with Gasteiger partial charge in [0.2, 0.25) is 15.9 Å². The highest BCUT2D eigenvalue weighted by Gasteiger charge is 2.29. The number of nitrogens with zero attached hydrogens (tertiary/aromatic N) is 3. The van der Waals surface area contributed by atoms with Crippen molar-refractivity contribution >= 4 is 27.7 Å². The van der Waals surface area contributed by atoms with Gasteiger partial charge in [0.1, 0.15) is 0 Å². The molecule has 0 spiro atoms. The van der Waals surface area contributed by atoms with Gasteiger partial charge in [-0.2, -0.15) is 4.31 Å². The van der Waals surface area contributed by atoms with Gasteiger partial charge < -0.3 is 4.90 Å². The highest BCUT2D eigenvalue weighted by molar-refractivity contribution is 7.89. The van der Waals surface area contributed by atoms with Crippen LogP contribution in [0.4, 0.5) is 5.69 Å². The average Bonchev–Trinajstić information content (AvgIpc) is 2.72. The third-order valence-electron chi connectivity index (χ3n) is 4.73. The molecule has 2 aromatic rings. The molecule has 0 aliphatic carbocycles. The number of nitro benzene ring substituents is 1. The van der Waals surface area contributed by atoms with E-state index in [1.54, 1.807) is 47.4 Å². The number of carbonyl (C=O) groups excluding carboxylic acids is 1. The van der Waals surface area contributed by atoms with E-state index in [0.717, 1.165) is 5.56 Å². The molecule has 1 fully saturated rings. The lowest BCUT2D eigenvalue weighted by molar-refractivity contribution is -0.384. The van der Waals surface area contributed by atoms with Crippen molar-refractivity contribution in [2.75, 3.05) is 26.2 Å². The number of carbonyl (C=O) groups is 1. The highest BCUT2D eigenvalue weighted by Crippen LogP contribution is 2.18. The molecule has 0 saturated carbocycles. The molecule has 0 atom stereocenters. The molecular weight excluding hydrogens is 394 g/mol. The second-order valence-electron chi connectivity index (χ2n) is 6.72. The van der Waals surface area contributed by atoms with E-state index < -0.39 is 14.9 Å². The van der Waals surface area contributed by atoms with E-state index >= 15 is 0 Å². The van der Waals surface area contributed by atoms with Crippen LogP contribution < -0.4 is 0 Å². The van der Waals surface area contributed by atoms with Gasteiger partial charge in [0.25, 0.3) is 5.69 Å². The maximum atomic E-state index is 12.7. The number of hydrogen-bond donors (Lipinski definition) is 0. The summed E-state index contributed by atoms with van der Waals surface area (Å²) in [6.07, 6.45) is 2.98. The molecule has 1 heterocycles. The lowest BCUT2D eigenvalue weighted by Gasteiger charge is -2.33. The zero-order valence-electron chi connectivity index (χ0n) is 15.9. The monoisotopic (exact) mass is 415 g/mol. The molecular formula is C20H21N3O5S. The number of aryl methyl sites for hydroxylation is 1. The second kappa shape index (κ2) is 8.54. The molecule has 9 heteroatoms. The number of non-ortho nitro benzene ring substituents is 1. The zero-order chi connectivity index (χ0) is 21.0. The van der Waals surface area contributed by atoms with Gasteiger partial charge in [-0.25, -0.2) is 8.42 Å². The van der Waals surface area contributed by atoms with Crippen molar-refractivity contribution in [3.8, 4) is 0 Å². The molecule has 8 nitrogen and oxygen atoms in total. The predicted octanol–water partition coefficient (Wildman–Crippen LogP) is 2.45. The van der Waals surface area contributed by atoms with Crippen LogP contribution in [0.15, 0.2) is 59.5 Å². The van der Waals surface area contributed by atoms with E-state index in [4.69, 9.17) is 0 Å². The number of amides is 1. The smallest absolute Gasteiger partial charge is 0.269 e. The average molecular weight is 415 g/mol. The Labute approximate surface area is 169 Å². The summed E-state index contributed by atoms with van der Waals surface area (Å²) in [6.45, 7) is 2.95. The van der Waals surface area contributed by atoms with Crippen molar-refractivity contribution in [2.45, 2.75) is 11.8 Å². The molecule has 2 aromatic carbocycles. The molecule has 3 rings (SSSR count). The summed E-state index contributed by atoms with van der Waals surface area (Å²) in [5, 5.41) is 10.7. The summed E-state index contributed by atoms with van der Waals surface area (Å²) in [5.74, 6) is -0.226. The van der Waals surface area contributed by atoms with Gasteiger partial charge in [0.15, 0.2) is 0 Å². The molecule has 152 valence electrons. The van der Waals surface area contributed by atoms with Crippen molar-refractivity contribution in [1.82, 2.24) is 9.21 Å².